The lowest BCUT2D eigenvalue weighted by atomic mass is 10.0. The molecule has 1 aromatic carbocycles. The van der Waals surface area contributed by atoms with Gasteiger partial charge in [0.15, 0.2) is 0 Å². The number of nitrogens with zero attached hydrogens (tertiary/aromatic N) is 2. The second-order valence-electron chi connectivity index (χ2n) is 5.36. The van der Waals surface area contributed by atoms with E-state index in [1.165, 1.54) is 11.0 Å². The SMILES string of the molecule is CCC(C)C(O)CNC(=O)CN(C)c1ccccc1[N+](=O)[O-]. The maximum atomic E-state index is 11.9. The molecular formula is C15H23N3O4. The molecule has 0 heterocycles. The first-order valence-electron chi connectivity index (χ1n) is 7.26. The summed E-state index contributed by atoms with van der Waals surface area (Å²) < 4.78 is 0. The Morgan fingerprint density at radius 3 is 2.68 bits per heavy atom. The van der Waals surface area contributed by atoms with Crippen LogP contribution in [0.3, 0.4) is 0 Å². The number of carbonyl (C=O) groups excluding carboxylic acids is 1. The molecule has 0 aromatic heterocycles. The summed E-state index contributed by atoms with van der Waals surface area (Å²) in [4.78, 5) is 23.9. The highest BCUT2D eigenvalue weighted by Crippen LogP contribution is 2.26. The fraction of sp³-hybridized carbons (Fsp3) is 0.533. The van der Waals surface area contributed by atoms with Crippen LogP contribution in [0.4, 0.5) is 11.4 Å². The lowest BCUT2D eigenvalue weighted by Gasteiger charge is -2.21. The molecule has 0 aliphatic carbocycles. The van der Waals surface area contributed by atoms with Crippen molar-refractivity contribution in [1.29, 1.82) is 0 Å². The van der Waals surface area contributed by atoms with Gasteiger partial charge in [-0.25, -0.2) is 0 Å². The van der Waals surface area contributed by atoms with Gasteiger partial charge >= 0.3 is 0 Å². The van der Waals surface area contributed by atoms with Crippen molar-refractivity contribution in [1.82, 2.24) is 5.32 Å². The van der Waals surface area contributed by atoms with Crippen molar-refractivity contribution in [3.8, 4) is 0 Å². The minimum atomic E-state index is -0.592. The van der Waals surface area contributed by atoms with Crippen LogP contribution in [0.5, 0.6) is 0 Å². The van der Waals surface area contributed by atoms with Gasteiger partial charge in [0, 0.05) is 19.7 Å². The van der Waals surface area contributed by atoms with Crippen molar-refractivity contribution in [3.05, 3.63) is 34.4 Å². The number of nitro groups is 1. The standard InChI is InChI=1S/C15H23N3O4/c1-4-11(2)14(19)9-16-15(20)10-17(3)12-7-5-6-8-13(12)18(21)22/h5-8,11,14,19H,4,9-10H2,1-3H3,(H,16,20). The number of rotatable bonds is 8. The van der Waals surface area contributed by atoms with Crippen LogP contribution in [0.1, 0.15) is 20.3 Å². The maximum absolute atomic E-state index is 11.9. The molecule has 0 saturated heterocycles. The third-order valence-corrected chi connectivity index (χ3v) is 3.68. The number of aliphatic hydroxyl groups excluding tert-OH is 1. The molecule has 0 aliphatic heterocycles. The van der Waals surface area contributed by atoms with Crippen LogP contribution in [0.2, 0.25) is 0 Å². The van der Waals surface area contributed by atoms with Crippen molar-refractivity contribution in [3.63, 3.8) is 0 Å². The van der Waals surface area contributed by atoms with E-state index in [-0.39, 0.29) is 30.6 Å². The molecule has 7 heteroatoms. The van der Waals surface area contributed by atoms with E-state index in [4.69, 9.17) is 0 Å². The minimum Gasteiger partial charge on any atom is -0.391 e. The monoisotopic (exact) mass is 309 g/mol. The first-order valence-corrected chi connectivity index (χ1v) is 7.26. The minimum absolute atomic E-state index is 0.0158. The van der Waals surface area contributed by atoms with Gasteiger partial charge in [-0.1, -0.05) is 32.4 Å². The van der Waals surface area contributed by atoms with Crippen molar-refractivity contribution < 1.29 is 14.8 Å². The quantitative estimate of drug-likeness (QED) is 0.561. The van der Waals surface area contributed by atoms with Gasteiger partial charge in [-0.2, -0.15) is 0 Å². The summed E-state index contributed by atoms with van der Waals surface area (Å²) in [6.07, 6.45) is 0.234. The fourth-order valence-corrected chi connectivity index (χ4v) is 1.99. The average molecular weight is 309 g/mol. The molecule has 0 saturated carbocycles. The van der Waals surface area contributed by atoms with Crippen LogP contribution < -0.4 is 10.2 Å². The Balaban J connectivity index is 2.60. The van der Waals surface area contributed by atoms with Gasteiger partial charge in [-0.3, -0.25) is 14.9 Å². The van der Waals surface area contributed by atoms with Gasteiger partial charge in [-0.05, 0) is 12.0 Å². The normalized spacial score (nSPS) is 13.3. The van der Waals surface area contributed by atoms with Crippen molar-refractivity contribution >= 4 is 17.3 Å². The molecular weight excluding hydrogens is 286 g/mol. The zero-order chi connectivity index (χ0) is 16.7. The van der Waals surface area contributed by atoms with Gasteiger partial charge in [0.2, 0.25) is 5.91 Å². The number of para-hydroxylation sites is 2. The zero-order valence-corrected chi connectivity index (χ0v) is 13.2. The van der Waals surface area contributed by atoms with E-state index < -0.39 is 11.0 Å². The third kappa shape index (κ3) is 5.00. The summed E-state index contributed by atoms with van der Waals surface area (Å²) in [5.74, 6) is -0.184. The molecule has 0 fully saturated rings. The fourth-order valence-electron chi connectivity index (χ4n) is 1.99. The van der Waals surface area contributed by atoms with E-state index in [1.807, 2.05) is 13.8 Å². The second kappa shape index (κ2) is 8.33. The van der Waals surface area contributed by atoms with Crippen LogP contribution in [-0.2, 0) is 4.79 Å². The summed E-state index contributed by atoms with van der Waals surface area (Å²) in [5, 5.41) is 23.4. The average Bonchev–Trinajstić information content (AvgIpc) is 2.51. The Morgan fingerprint density at radius 2 is 2.09 bits per heavy atom. The Morgan fingerprint density at radius 1 is 1.45 bits per heavy atom. The Hall–Kier alpha value is -2.15. The van der Waals surface area contributed by atoms with Crippen LogP contribution in [0.25, 0.3) is 0 Å². The number of nitrogens with one attached hydrogen (secondary N) is 1. The number of nitro benzene ring substituents is 1. The number of carbonyl (C=O) groups is 1. The molecule has 22 heavy (non-hydrogen) atoms. The van der Waals surface area contributed by atoms with Crippen LogP contribution in [0, 0.1) is 16.0 Å². The summed E-state index contributed by atoms with van der Waals surface area (Å²) in [5.41, 5.74) is 0.336. The van der Waals surface area contributed by atoms with E-state index in [9.17, 15) is 20.0 Å². The predicted molar refractivity (Wildman–Crippen MR) is 84.8 cm³/mol. The number of hydrogen-bond donors (Lipinski definition) is 2. The molecule has 122 valence electrons. The third-order valence-electron chi connectivity index (χ3n) is 3.68. The highest BCUT2D eigenvalue weighted by Gasteiger charge is 2.19. The molecule has 0 bridgehead atoms. The molecule has 1 rings (SSSR count). The number of hydrogen-bond acceptors (Lipinski definition) is 5. The Labute approximate surface area is 130 Å². The van der Waals surface area contributed by atoms with E-state index in [2.05, 4.69) is 5.32 Å². The summed E-state index contributed by atoms with van der Waals surface area (Å²) in [6.45, 7) is 4.05. The van der Waals surface area contributed by atoms with Crippen LogP contribution in [0.15, 0.2) is 24.3 Å². The number of aliphatic hydroxyl groups is 1. The molecule has 0 spiro atoms. The molecule has 2 N–H and O–H groups in total. The van der Waals surface area contributed by atoms with Crippen LogP contribution in [-0.4, -0.2) is 42.2 Å². The summed E-state index contributed by atoms with van der Waals surface area (Å²) in [6, 6.07) is 6.26. The summed E-state index contributed by atoms with van der Waals surface area (Å²) in [7, 11) is 1.62. The van der Waals surface area contributed by atoms with Gasteiger partial charge in [0.05, 0.1) is 17.6 Å². The molecule has 0 aliphatic rings. The predicted octanol–water partition coefficient (Wildman–Crippen LogP) is 1.55. The van der Waals surface area contributed by atoms with Gasteiger partial charge < -0.3 is 15.3 Å². The van der Waals surface area contributed by atoms with E-state index in [0.717, 1.165) is 6.42 Å². The number of benzene rings is 1. The van der Waals surface area contributed by atoms with Crippen molar-refractivity contribution in [2.24, 2.45) is 5.92 Å². The smallest absolute Gasteiger partial charge is 0.292 e. The Bertz CT molecular complexity index is 521. The lowest BCUT2D eigenvalue weighted by molar-refractivity contribution is -0.384. The van der Waals surface area contributed by atoms with E-state index in [0.29, 0.717) is 5.69 Å². The van der Waals surface area contributed by atoms with Gasteiger partial charge in [-0.15, -0.1) is 0 Å². The van der Waals surface area contributed by atoms with Crippen molar-refractivity contribution in [2.75, 3.05) is 25.0 Å². The molecule has 0 radical (unpaired) electrons. The second-order valence-corrected chi connectivity index (χ2v) is 5.36. The molecule has 2 atom stereocenters. The van der Waals surface area contributed by atoms with Crippen LogP contribution >= 0.6 is 0 Å². The number of likely N-dealkylation sites (N-methyl/N-ethyl adjacent to an activating group) is 1. The Kier molecular flexibility index (Phi) is 6.78. The topological polar surface area (TPSA) is 95.7 Å². The first kappa shape index (κ1) is 17.9. The summed E-state index contributed by atoms with van der Waals surface area (Å²) >= 11 is 0. The molecule has 2 unspecified atom stereocenters. The van der Waals surface area contributed by atoms with E-state index >= 15 is 0 Å². The van der Waals surface area contributed by atoms with Gasteiger partial charge in [0.25, 0.3) is 5.69 Å². The van der Waals surface area contributed by atoms with Gasteiger partial charge in [0.1, 0.15) is 5.69 Å². The molecule has 1 amide bonds. The highest BCUT2D eigenvalue weighted by atomic mass is 16.6. The highest BCUT2D eigenvalue weighted by molar-refractivity contribution is 5.82. The molecule has 1 aromatic rings. The zero-order valence-electron chi connectivity index (χ0n) is 13.2. The first-order chi connectivity index (χ1) is 10.4. The lowest BCUT2D eigenvalue weighted by Crippen LogP contribution is -2.40. The maximum Gasteiger partial charge on any atom is 0.292 e. The largest absolute Gasteiger partial charge is 0.391 e. The van der Waals surface area contributed by atoms with E-state index in [1.54, 1.807) is 25.2 Å². The van der Waals surface area contributed by atoms with Crippen molar-refractivity contribution in [2.45, 2.75) is 26.4 Å². The molecule has 7 nitrogen and oxygen atoms in total. The number of anilines is 1. The number of amides is 1.